The van der Waals surface area contributed by atoms with Crippen molar-refractivity contribution < 1.29 is 31.8 Å². The number of anilines is 1. The Labute approximate surface area is 183 Å². The number of pyridine rings is 1. The number of carbonyl (C=O) groups excluding carboxylic acids is 1. The van der Waals surface area contributed by atoms with Crippen molar-refractivity contribution in [2.45, 2.75) is 13.1 Å². The Hall–Kier alpha value is -3.14. The number of benzene rings is 2. The van der Waals surface area contributed by atoms with E-state index in [0.717, 1.165) is 18.2 Å². The Kier molecular flexibility index (Phi) is 6.49. The van der Waals surface area contributed by atoms with Crippen LogP contribution >= 0.6 is 15.9 Å². The van der Waals surface area contributed by atoms with E-state index >= 15 is 0 Å². The average molecular weight is 499 g/mol. The maximum Gasteiger partial charge on any atom is 0.417 e. The summed E-state index contributed by atoms with van der Waals surface area (Å²) in [7, 11) is 1.40. The molecule has 0 aliphatic rings. The molecule has 0 aliphatic carbocycles. The highest BCUT2D eigenvalue weighted by Gasteiger charge is 2.35. The second-order valence-electron chi connectivity index (χ2n) is 6.38. The number of hydrogen-bond donors (Lipinski definition) is 1. The number of nitrogens with zero attached hydrogens (tertiary/aromatic N) is 1. The van der Waals surface area contributed by atoms with Crippen LogP contribution in [0.15, 0.2) is 53.1 Å². The predicted octanol–water partition coefficient (Wildman–Crippen LogP) is 6.36. The maximum absolute atomic E-state index is 13.4. The van der Waals surface area contributed by atoms with Gasteiger partial charge < -0.3 is 14.8 Å². The van der Waals surface area contributed by atoms with Crippen molar-refractivity contribution in [2.24, 2.45) is 0 Å². The van der Waals surface area contributed by atoms with E-state index in [1.54, 1.807) is 0 Å². The number of halogens is 5. The van der Waals surface area contributed by atoms with Gasteiger partial charge in [0.15, 0.2) is 0 Å². The molecule has 5 nitrogen and oxygen atoms in total. The number of alkyl halides is 3. The summed E-state index contributed by atoms with van der Waals surface area (Å²) >= 11 is 2.87. The monoisotopic (exact) mass is 498 g/mol. The molecule has 162 valence electrons. The standard InChI is InChI=1S/C21H15BrF4N2O3/c1-11-7-12(23)3-4-17(11)31-18-10-15(21(24,25)26)16(22)9-14(18)20(29)28-13-5-6-27-19(8-13)30-2/h3-10H,1-2H3,(H,27,28,29). The number of methoxy groups -OCH3 is 1. The zero-order valence-electron chi connectivity index (χ0n) is 16.2. The molecular formula is C21H15BrF4N2O3. The number of aryl methyl sites for hydroxylation is 1. The fourth-order valence-electron chi connectivity index (χ4n) is 2.68. The van der Waals surface area contributed by atoms with Crippen molar-refractivity contribution in [1.82, 2.24) is 4.98 Å². The summed E-state index contributed by atoms with van der Waals surface area (Å²) in [6.07, 6.45) is -3.29. The van der Waals surface area contributed by atoms with Crippen molar-refractivity contribution in [3.8, 4) is 17.4 Å². The molecule has 10 heteroatoms. The first-order valence-electron chi connectivity index (χ1n) is 8.74. The minimum atomic E-state index is -4.69. The lowest BCUT2D eigenvalue weighted by Gasteiger charge is -2.17. The smallest absolute Gasteiger partial charge is 0.417 e. The fraction of sp³-hybridized carbons (Fsp3) is 0.143. The summed E-state index contributed by atoms with van der Waals surface area (Å²) in [6, 6.07) is 8.22. The minimum Gasteiger partial charge on any atom is -0.481 e. The Morgan fingerprint density at radius 2 is 1.84 bits per heavy atom. The highest BCUT2D eigenvalue weighted by atomic mass is 79.9. The Balaban J connectivity index is 2.04. The quantitative estimate of drug-likeness (QED) is 0.415. The van der Waals surface area contributed by atoms with Gasteiger partial charge in [0.25, 0.3) is 5.91 Å². The molecule has 2 aromatic carbocycles. The average Bonchev–Trinajstić information content (AvgIpc) is 2.70. The minimum absolute atomic E-state index is 0.108. The number of ether oxygens (including phenoxy) is 2. The molecule has 0 atom stereocenters. The molecule has 31 heavy (non-hydrogen) atoms. The summed E-state index contributed by atoms with van der Waals surface area (Å²) < 4.78 is 63.9. The van der Waals surface area contributed by atoms with Gasteiger partial charge in [-0.25, -0.2) is 9.37 Å². The SMILES string of the molecule is COc1cc(NC(=O)c2cc(Br)c(C(F)(F)F)cc2Oc2ccc(F)cc2C)ccn1. The molecule has 0 fully saturated rings. The first-order valence-corrected chi connectivity index (χ1v) is 9.54. The van der Waals surface area contributed by atoms with E-state index in [1.807, 2.05) is 0 Å². The van der Waals surface area contributed by atoms with E-state index < -0.39 is 23.5 Å². The van der Waals surface area contributed by atoms with E-state index in [0.29, 0.717) is 11.3 Å². The van der Waals surface area contributed by atoms with Gasteiger partial charge in [0, 0.05) is 22.4 Å². The van der Waals surface area contributed by atoms with Gasteiger partial charge in [-0.15, -0.1) is 0 Å². The highest BCUT2D eigenvalue weighted by Crippen LogP contribution is 2.40. The van der Waals surface area contributed by atoms with Crippen molar-refractivity contribution in [1.29, 1.82) is 0 Å². The molecule has 0 aliphatic heterocycles. The predicted molar refractivity (Wildman–Crippen MR) is 109 cm³/mol. The third-order valence-electron chi connectivity index (χ3n) is 4.18. The number of aromatic nitrogens is 1. The largest absolute Gasteiger partial charge is 0.481 e. The van der Waals surface area contributed by atoms with Crippen LogP contribution in [-0.4, -0.2) is 18.0 Å². The Morgan fingerprint density at radius 3 is 2.48 bits per heavy atom. The third-order valence-corrected chi connectivity index (χ3v) is 4.83. The summed E-state index contributed by atoms with van der Waals surface area (Å²) in [6.45, 7) is 1.53. The van der Waals surface area contributed by atoms with Crippen LogP contribution in [-0.2, 0) is 6.18 Å². The van der Waals surface area contributed by atoms with Gasteiger partial charge in [0.2, 0.25) is 5.88 Å². The van der Waals surface area contributed by atoms with Gasteiger partial charge in [-0.2, -0.15) is 13.2 Å². The van der Waals surface area contributed by atoms with Crippen molar-refractivity contribution in [3.05, 3.63) is 75.6 Å². The van der Waals surface area contributed by atoms with Gasteiger partial charge in [0.05, 0.1) is 18.2 Å². The van der Waals surface area contributed by atoms with Crippen molar-refractivity contribution in [2.75, 3.05) is 12.4 Å². The third kappa shape index (κ3) is 5.32. The highest BCUT2D eigenvalue weighted by molar-refractivity contribution is 9.10. The topological polar surface area (TPSA) is 60.5 Å². The van der Waals surface area contributed by atoms with Gasteiger partial charge in [-0.1, -0.05) is 15.9 Å². The van der Waals surface area contributed by atoms with E-state index in [-0.39, 0.29) is 27.4 Å². The second-order valence-corrected chi connectivity index (χ2v) is 7.23. The van der Waals surface area contributed by atoms with Crippen LogP contribution in [0.1, 0.15) is 21.5 Å². The number of amides is 1. The van der Waals surface area contributed by atoms with Crippen LogP contribution < -0.4 is 14.8 Å². The van der Waals surface area contributed by atoms with Gasteiger partial charge in [-0.05, 0) is 48.9 Å². The first kappa shape index (κ1) is 22.5. The Bertz CT molecular complexity index is 1140. The Morgan fingerprint density at radius 1 is 1.10 bits per heavy atom. The summed E-state index contributed by atoms with van der Waals surface area (Å²) in [5, 5.41) is 2.57. The van der Waals surface area contributed by atoms with Crippen LogP contribution in [0, 0.1) is 12.7 Å². The molecule has 0 saturated heterocycles. The van der Waals surface area contributed by atoms with Gasteiger partial charge >= 0.3 is 6.18 Å². The van der Waals surface area contributed by atoms with Crippen LogP contribution in [0.5, 0.6) is 17.4 Å². The van der Waals surface area contributed by atoms with Crippen LogP contribution in [0.25, 0.3) is 0 Å². The van der Waals surface area contributed by atoms with Gasteiger partial charge in [0.1, 0.15) is 17.3 Å². The number of nitrogens with one attached hydrogen (secondary N) is 1. The first-order chi connectivity index (χ1) is 14.6. The lowest BCUT2D eigenvalue weighted by Crippen LogP contribution is -2.15. The zero-order valence-corrected chi connectivity index (χ0v) is 17.8. The summed E-state index contributed by atoms with van der Waals surface area (Å²) in [4.78, 5) is 16.8. The summed E-state index contributed by atoms with van der Waals surface area (Å²) in [5.74, 6) is -1.25. The molecule has 0 saturated carbocycles. The molecule has 0 unspecified atom stereocenters. The van der Waals surface area contributed by atoms with Crippen LogP contribution in [0.3, 0.4) is 0 Å². The normalized spacial score (nSPS) is 11.2. The molecule has 3 rings (SSSR count). The molecule has 1 aromatic heterocycles. The molecule has 3 aromatic rings. The fourth-order valence-corrected chi connectivity index (χ4v) is 3.24. The number of hydrogen-bond acceptors (Lipinski definition) is 4. The van der Waals surface area contributed by atoms with Crippen molar-refractivity contribution in [3.63, 3.8) is 0 Å². The number of rotatable bonds is 5. The zero-order chi connectivity index (χ0) is 22.8. The second kappa shape index (κ2) is 8.93. The number of carbonyl (C=O) groups is 1. The van der Waals surface area contributed by atoms with Crippen LogP contribution in [0.2, 0.25) is 0 Å². The van der Waals surface area contributed by atoms with Crippen LogP contribution in [0.4, 0.5) is 23.2 Å². The molecule has 1 N–H and O–H groups in total. The molecular weight excluding hydrogens is 484 g/mol. The van der Waals surface area contributed by atoms with E-state index in [1.165, 1.54) is 44.5 Å². The van der Waals surface area contributed by atoms with E-state index in [2.05, 4.69) is 26.2 Å². The molecule has 1 heterocycles. The van der Waals surface area contributed by atoms with Crippen molar-refractivity contribution >= 4 is 27.5 Å². The molecule has 0 spiro atoms. The molecule has 0 radical (unpaired) electrons. The molecule has 0 bridgehead atoms. The lowest BCUT2D eigenvalue weighted by molar-refractivity contribution is -0.138. The van der Waals surface area contributed by atoms with E-state index in [4.69, 9.17) is 9.47 Å². The lowest BCUT2D eigenvalue weighted by atomic mass is 10.1. The van der Waals surface area contributed by atoms with E-state index in [9.17, 15) is 22.4 Å². The maximum atomic E-state index is 13.4. The summed E-state index contributed by atoms with van der Waals surface area (Å²) in [5.41, 5.74) is -0.526. The molecule has 1 amide bonds. The van der Waals surface area contributed by atoms with Gasteiger partial charge in [-0.3, -0.25) is 4.79 Å².